The topological polar surface area (TPSA) is 62.6 Å². The first-order valence-electron chi connectivity index (χ1n) is 10.5. The van der Waals surface area contributed by atoms with Gasteiger partial charge < -0.3 is 14.4 Å². The third kappa shape index (κ3) is 5.32. The van der Waals surface area contributed by atoms with Gasteiger partial charge >= 0.3 is 0 Å². The molecule has 1 aromatic carbocycles. The summed E-state index contributed by atoms with van der Waals surface area (Å²) in [6.07, 6.45) is 1.34. The van der Waals surface area contributed by atoms with E-state index >= 15 is 0 Å². The van der Waals surface area contributed by atoms with Crippen LogP contribution in [-0.2, 0) is 16.4 Å². The van der Waals surface area contributed by atoms with Crippen molar-refractivity contribution in [3.63, 3.8) is 0 Å². The van der Waals surface area contributed by atoms with Gasteiger partial charge in [-0.15, -0.1) is 0 Å². The summed E-state index contributed by atoms with van der Waals surface area (Å²) in [5.41, 5.74) is 3.83. The zero-order chi connectivity index (χ0) is 21.9. The van der Waals surface area contributed by atoms with Gasteiger partial charge in [0.1, 0.15) is 0 Å². The van der Waals surface area contributed by atoms with E-state index in [4.69, 9.17) is 0 Å². The molecular weight excluding hydrogens is 398 g/mol. The monoisotopic (exact) mass is 431 g/mol. The van der Waals surface area contributed by atoms with E-state index in [9.17, 15) is 13.2 Å². The van der Waals surface area contributed by atoms with Gasteiger partial charge in [-0.3, -0.25) is 4.79 Å². The fourth-order valence-electron chi connectivity index (χ4n) is 4.21. The molecule has 1 aliphatic heterocycles. The zero-order valence-electron chi connectivity index (χ0n) is 18.5. The van der Waals surface area contributed by atoms with Gasteiger partial charge in [0.2, 0.25) is 0 Å². The molecule has 0 N–H and O–H groups in total. The Kier molecular flexibility index (Phi) is 7.03. The summed E-state index contributed by atoms with van der Waals surface area (Å²) in [6.45, 7) is 6.13. The molecule has 7 heteroatoms. The van der Waals surface area contributed by atoms with Gasteiger partial charge in [0.05, 0.1) is 17.1 Å². The molecule has 0 spiro atoms. The number of hydrogen-bond acceptors (Lipinski definition) is 4. The Morgan fingerprint density at radius 3 is 2.43 bits per heavy atom. The van der Waals surface area contributed by atoms with Crippen LogP contribution in [0.4, 0.5) is 0 Å². The van der Waals surface area contributed by atoms with E-state index in [1.54, 1.807) is 0 Å². The van der Waals surface area contributed by atoms with Crippen molar-refractivity contribution >= 4 is 15.7 Å². The van der Waals surface area contributed by atoms with Crippen LogP contribution in [0.25, 0.3) is 0 Å². The maximum absolute atomic E-state index is 13.6. The first-order chi connectivity index (χ1) is 14.2. The fraction of sp³-hybridized carbons (Fsp3) is 0.522. The first-order valence-corrected chi connectivity index (χ1v) is 12.4. The van der Waals surface area contributed by atoms with E-state index in [1.807, 2.05) is 57.1 Å². The van der Waals surface area contributed by atoms with Gasteiger partial charge in [-0.05, 0) is 59.0 Å². The molecule has 1 unspecified atom stereocenters. The summed E-state index contributed by atoms with van der Waals surface area (Å²) in [6, 6.07) is 11.9. The Hall–Kier alpha value is -2.12. The number of hydrogen-bond donors (Lipinski definition) is 0. The van der Waals surface area contributed by atoms with Gasteiger partial charge in [0.25, 0.3) is 5.91 Å². The molecule has 164 valence electrons. The van der Waals surface area contributed by atoms with E-state index in [1.165, 1.54) is 5.56 Å². The minimum Gasteiger partial charge on any atom is -0.344 e. The summed E-state index contributed by atoms with van der Waals surface area (Å²) in [5.74, 6) is 0.189. The molecule has 1 amide bonds. The van der Waals surface area contributed by atoms with Crippen LogP contribution in [0.5, 0.6) is 0 Å². The van der Waals surface area contributed by atoms with Gasteiger partial charge in [0, 0.05) is 30.5 Å². The van der Waals surface area contributed by atoms with Gasteiger partial charge in [-0.25, -0.2) is 8.42 Å². The van der Waals surface area contributed by atoms with Gasteiger partial charge in [-0.2, -0.15) is 0 Å². The number of sulfone groups is 1. The third-order valence-corrected chi connectivity index (χ3v) is 7.65. The van der Waals surface area contributed by atoms with Crippen LogP contribution in [-0.4, -0.2) is 73.4 Å². The maximum atomic E-state index is 13.6. The Labute approximate surface area is 180 Å². The predicted octanol–water partition coefficient (Wildman–Crippen LogP) is 2.73. The number of carbonyl (C=O) groups excluding carboxylic acids is 1. The normalized spacial score (nSPS) is 18.1. The lowest BCUT2D eigenvalue weighted by atomic mass is 10.1. The van der Waals surface area contributed by atoms with Crippen molar-refractivity contribution in [1.29, 1.82) is 0 Å². The van der Waals surface area contributed by atoms with E-state index in [0.29, 0.717) is 25.1 Å². The Bertz CT molecular complexity index is 981. The van der Waals surface area contributed by atoms with E-state index < -0.39 is 9.84 Å². The summed E-state index contributed by atoms with van der Waals surface area (Å²) >= 11 is 0. The Morgan fingerprint density at radius 2 is 1.83 bits per heavy atom. The maximum Gasteiger partial charge on any atom is 0.255 e. The molecule has 3 rings (SSSR count). The largest absolute Gasteiger partial charge is 0.344 e. The standard InChI is InChI=1S/C23H33N3O3S/c1-18-15-22(19(2)26(18)16-20-9-6-5-7-10-20)23(27)25(13-8-12-24(3)4)21-11-14-30(28,29)17-21/h5-7,9-10,15,21H,8,11-14,16-17H2,1-4H3. The molecule has 1 saturated heterocycles. The van der Waals surface area contributed by atoms with Crippen LogP contribution < -0.4 is 0 Å². The molecule has 0 bridgehead atoms. The minimum atomic E-state index is -3.06. The highest BCUT2D eigenvalue weighted by atomic mass is 32.2. The van der Waals surface area contributed by atoms with Crippen molar-refractivity contribution in [1.82, 2.24) is 14.4 Å². The number of nitrogens with zero attached hydrogens (tertiary/aromatic N) is 3. The summed E-state index contributed by atoms with van der Waals surface area (Å²) in [5, 5.41) is 0. The smallest absolute Gasteiger partial charge is 0.255 e. The number of benzene rings is 1. The first kappa shape index (κ1) is 22.6. The van der Waals surface area contributed by atoms with Crippen LogP contribution in [0.2, 0.25) is 0 Å². The van der Waals surface area contributed by atoms with Crippen LogP contribution in [0.3, 0.4) is 0 Å². The number of rotatable bonds is 8. The van der Waals surface area contributed by atoms with Gasteiger partial charge in [0.15, 0.2) is 9.84 Å². The summed E-state index contributed by atoms with van der Waals surface area (Å²) < 4.78 is 26.3. The summed E-state index contributed by atoms with van der Waals surface area (Å²) in [7, 11) is 0.946. The second kappa shape index (κ2) is 9.35. The van der Waals surface area contributed by atoms with Crippen molar-refractivity contribution in [3.8, 4) is 0 Å². The van der Waals surface area contributed by atoms with E-state index in [2.05, 4.69) is 21.6 Å². The molecule has 0 radical (unpaired) electrons. The molecule has 1 fully saturated rings. The lowest BCUT2D eigenvalue weighted by Crippen LogP contribution is -2.42. The second-order valence-electron chi connectivity index (χ2n) is 8.57. The van der Waals surface area contributed by atoms with Crippen LogP contribution in [0.1, 0.15) is 40.2 Å². The van der Waals surface area contributed by atoms with Crippen LogP contribution in [0, 0.1) is 13.8 Å². The number of aryl methyl sites for hydroxylation is 1. The highest BCUT2D eigenvalue weighted by Crippen LogP contribution is 2.24. The molecule has 2 heterocycles. The molecule has 1 aromatic heterocycles. The van der Waals surface area contributed by atoms with Crippen molar-refractivity contribution in [2.75, 3.05) is 38.7 Å². The van der Waals surface area contributed by atoms with Crippen LogP contribution in [0.15, 0.2) is 36.4 Å². The lowest BCUT2D eigenvalue weighted by Gasteiger charge is -2.29. The van der Waals surface area contributed by atoms with E-state index in [0.717, 1.165) is 24.4 Å². The van der Waals surface area contributed by atoms with Crippen molar-refractivity contribution in [2.45, 2.75) is 39.3 Å². The zero-order valence-corrected chi connectivity index (χ0v) is 19.3. The Morgan fingerprint density at radius 1 is 1.13 bits per heavy atom. The molecule has 0 aliphatic carbocycles. The molecule has 1 aliphatic rings. The minimum absolute atomic E-state index is 0.0525. The SMILES string of the molecule is Cc1cc(C(=O)N(CCCN(C)C)C2CCS(=O)(=O)C2)c(C)n1Cc1ccccc1. The number of carbonyl (C=O) groups is 1. The molecular formula is C23H33N3O3S. The van der Waals surface area contributed by atoms with Crippen molar-refractivity contribution < 1.29 is 13.2 Å². The summed E-state index contributed by atoms with van der Waals surface area (Å²) in [4.78, 5) is 17.5. The van der Waals surface area contributed by atoms with Crippen molar-refractivity contribution in [3.05, 3.63) is 58.9 Å². The van der Waals surface area contributed by atoms with Crippen LogP contribution >= 0.6 is 0 Å². The average molecular weight is 432 g/mol. The van der Waals surface area contributed by atoms with E-state index in [-0.39, 0.29) is 23.5 Å². The fourth-order valence-corrected chi connectivity index (χ4v) is 5.94. The molecule has 1 atom stereocenters. The van der Waals surface area contributed by atoms with Gasteiger partial charge in [-0.1, -0.05) is 30.3 Å². The molecule has 0 saturated carbocycles. The third-order valence-electron chi connectivity index (χ3n) is 5.90. The quantitative estimate of drug-likeness (QED) is 0.645. The van der Waals surface area contributed by atoms with Crippen molar-refractivity contribution in [2.24, 2.45) is 0 Å². The second-order valence-corrected chi connectivity index (χ2v) is 10.8. The molecule has 30 heavy (non-hydrogen) atoms. The number of aromatic nitrogens is 1. The highest BCUT2D eigenvalue weighted by molar-refractivity contribution is 7.91. The highest BCUT2D eigenvalue weighted by Gasteiger charge is 2.35. The average Bonchev–Trinajstić information content (AvgIpc) is 3.19. The predicted molar refractivity (Wildman–Crippen MR) is 121 cm³/mol. The Balaban J connectivity index is 1.85. The lowest BCUT2D eigenvalue weighted by molar-refractivity contribution is 0.0689. The molecule has 2 aromatic rings. The molecule has 6 nitrogen and oxygen atoms in total. The number of amides is 1.